The van der Waals surface area contributed by atoms with Crippen molar-refractivity contribution in [3.8, 4) is 16.9 Å². The highest BCUT2D eigenvalue weighted by molar-refractivity contribution is 5.77. The third-order valence-electron chi connectivity index (χ3n) is 4.87. The molecule has 1 atom stereocenters. The number of nitrogens with zero attached hydrogens (tertiary/aromatic N) is 2. The van der Waals surface area contributed by atoms with Crippen LogP contribution in [0.2, 0.25) is 0 Å². The summed E-state index contributed by atoms with van der Waals surface area (Å²) in [4.78, 5) is 23.2. The van der Waals surface area contributed by atoms with Crippen LogP contribution < -0.4 is 10.2 Å². The zero-order chi connectivity index (χ0) is 22.6. The monoisotopic (exact) mass is 443 g/mol. The number of carbonyl (C=O) groups excluding carboxylic acids is 1. The molecule has 0 saturated heterocycles. The number of rotatable bonds is 7. The summed E-state index contributed by atoms with van der Waals surface area (Å²) in [7, 11) is 0. The van der Waals surface area contributed by atoms with Gasteiger partial charge in [0, 0.05) is 11.8 Å². The van der Waals surface area contributed by atoms with E-state index in [-0.39, 0.29) is 24.9 Å². The van der Waals surface area contributed by atoms with Crippen LogP contribution in [0.15, 0.2) is 71.9 Å². The van der Waals surface area contributed by atoms with E-state index in [1.807, 2.05) is 0 Å². The second-order valence-corrected chi connectivity index (χ2v) is 6.71. The summed E-state index contributed by atoms with van der Waals surface area (Å²) >= 11 is 0. The van der Waals surface area contributed by atoms with Gasteiger partial charge in [-0.15, -0.1) is 0 Å². The average molecular weight is 443 g/mol. The number of ether oxygens (including phenoxy) is 2. The highest BCUT2D eigenvalue weighted by Gasteiger charge is 2.41. The van der Waals surface area contributed by atoms with Crippen LogP contribution in [0.4, 0.5) is 13.2 Å². The molecule has 10 heteroatoms. The number of benzene rings is 2. The first kappa shape index (κ1) is 21.2. The minimum Gasteiger partial charge on any atom is -0.460 e. The highest BCUT2D eigenvalue weighted by atomic mass is 19.3. The van der Waals surface area contributed by atoms with Gasteiger partial charge >= 0.3 is 19.1 Å². The Labute approximate surface area is 180 Å². The van der Waals surface area contributed by atoms with Gasteiger partial charge in [0.15, 0.2) is 5.54 Å². The van der Waals surface area contributed by atoms with Crippen molar-refractivity contribution >= 4 is 12.5 Å². The van der Waals surface area contributed by atoms with E-state index < -0.39 is 18.1 Å². The molecule has 1 aromatic heterocycles. The lowest BCUT2D eigenvalue weighted by Crippen LogP contribution is -2.27. The number of nitrogens with one attached hydrogen (secondary N) is 1. The lowest BCUT2D eigenvalue weighted by Gasteiger charge is -2.26. The Morgan fingerprint density at radius 3 is 2.62 bits per heavy atom. The topological polar surface area (TPSA) is 82.0 Å². The Hall–Kier alpha value is -4.08. The highest BCUT2D eigenvalue weighted by Crippen LogP contribution is 2.40. The molecule has 0 aliphatic carbocycles. The maximum absolute atomic E-state index is 14.3. The third kappa shape index (κ3) is 4.20. The number of hydrogen-bond donors (Lipinski definition) is 1. The zero-order valence-corrected chi connectivity index (χ0v) is 16.4. The maximum Gasteiger partial charge on any atom is 0.387 e. The van der Waals surface area contributed by atoms with Gasteiger partial charge in [-0.1, -0.05) is 30.3 Å². The molecule has 0 saturated carbocycles. The van der Waals surface area contributed by atoms with Gasteiger partial charge in [0.05, 0.1) is 0 Å². The summed E-state index contributed by atoms with van der Waals surface area (Å²) in [6.45, 7) is -2.77. The zero-order valence-electron chi connectivity index (χ0n) is 16.4. The van der Waals surface area contributed by atoms with E-state index >= 15 is 0 Å². The summed E-state index contributed by atoms with van der Waals surface area (Å²) in [5.74, 6) is -0.643. The molecule has 2 heterocycles. The second-order valence-electron chi connectivity index (χ2n) is 6.71. The fourth-order valence-electron chi connectivity index (χ4n) is 3.46. The molecule has 1 aliphatic heterocycles. The van der Waals surface area contributed by atoms with Crippen LogP contribution >= 0.6 is 0 Å². The normalized spacial score (nSPS) is 17.4. The molecule has 7 nitrogen and oxygen atoms in total. The molecule has 4 rings (SSSR count). The number of aromatic nitrogens is 1. The smallest absolute Gasteiger partial charge is 0.387 e. The molecule has 1 unspecified atom stereocenters. The largest absolute Gasteiger partial charge is 0.460 e. The number of alkyl halides is 2. The number of hydroxylamine groups is 1. The second kappa shape index (κ2) is 8.96. The predicted octanol–water partition coefficient (Wildman–Crippen LogP) is 3.80. The molecule has 164 valence electrons. The molecule has 0 radical (unpaired) electrons. The first-order chi connectivity index (χ1) is 15.5. The molecule has 0 fully saturated rings. The third-order valence-corrected chi connectivity index (χ3v) is 4.87. The van der Waals surface area contributed by atoms with E-state index in [4.69, 9.17) is 4.74 Å². The molecular formula is C22H16F3N3O4. The summed E-state index contributed by atoms with van der Waals surface area (Å²) in [5, 5.41) is 0. The fourth-order valence-corrected chi connectivity index (χ4v) is 3.46. The van der Waals surface area contributed by atoms with Crippen molar-refractivity contribution in [2.24, 2.45) is 4.99 Å². The van der Waals surface area contributed by atoms with Crippen molar-refractivity contribution in [3.63, 3.8) is 0 Å². The SMILES string of the molecule is O=CONC1=NC(c2ccc(OC(F)F)cc2)(c2cccc(-c3cccnc3F)c2)CO1. The van der Waals surface area contributed by atoms with Gasteiger partial charge in [0.2, 0.25) is 5.95 Å². The predicted molar refractivity (Wildman–Crippen MR) is 107 cm³/mol. The standard InChI is InChI=1S/C22H16F3N3O4/c23-19-18(5-2-10-26-19)14-3-1-4-16(11-14)22(12-30-21(27-22)28-31-13-29)15-6-8-17(9-7-15)32-20(24)25/h1-11,13,20H,12H2,(H,27,28). The van der Waals surface area contributed by atoms with Crippen LogP contribution in [0.3, 0.4) is 0 Å². The van der Waals surface area contributed by atoms with E-state index in [1.54, 1.807) is 48.5 Å². The lowest BCUT2D eigenvalue weighted by atomic mass is 9.83. The molecule has 1 N–H and O–H groups in total. The minimum atomic E-state index is -2.95. The van der Waals surface area contributed by atoms with E-state index in [9.17, 15) is 18.0 Å². The molecule has 3 aromatic rings. The van der Waals surface area contributed by atoms with Gasteiger partial charge in [-0.25, -0.2) is 9.98 Å². The van der Waals surface area contributed by atoms with Gasteiger partial charge in [0.1, 0.15) is 12.4 Å². The maximum atomic E-state index is 14.3. The number of pyridine rings is 1. The number of carbonyl (C=O) groups is 1. The molecule has 0 amide bonds. The van der Waals surface area contributed by atoms with E-state index in [0.717, 1.165) is 0 Å². The lowest BCUT2D eigenvalue weighted by molar-refractivity contribution is -0.132. The van der Waals surface area contributed by atoms with Crippen LogP contribution in [0.1, 0.15) is 11.1 Å². The quantitative estimate of drug-likeness (QED) is 0.340. The van der Waals surface area contributed by atoms with Gasteiger partial charge in [-0.2, -0.15) is 18.7 Å². The van der Waals surface area contributed by atoms with Crippen molar-refractivity contribution in [1.82, 2.24) is 10.5 Å². The Morgan fingerprint density at radius 1 is 1.09 bits per heavy atom. The Balaban J connectivity index is 1.79. The Morgan fingerprint density at radius 2 is 1.91 bits per heavy atom. The number of aliphatic imine (C=N–C) groups is 1. The average Bonchev–Trinajstić information content (AvgIpc) is 3.24. The van der Waals surface area contributed by atoms with E-state index in [2.05, 4.69) is 25.0 Å². The van der Waals surface area contributed by atoms with Gasteiger partial charge < -0.3 is 14.3 Å². The molecule has 0 spiro atoms. The Kier molecular flexibility index (Phi) is 5.93. The first-order valence-corrected chi connectivity index (χ1v) is 9.36. The minimum absolute atomic E-state index is 0.00553. The summed E-state index contributed by atoms with van der Waals surface area (Å²) in [6, 6.07) is 16.1. The number of hydrogen-bond acceptors (Lipinski definition) is 7. The molecular weight excluding hydrogens is 427 g/mol. The van der Waals surface area contributed by atoms with Crippen LogP contribution in [-0.4, -0.2) is 30.7 Å². The first-order valence-electron chi connectivity index (χ1n) is 9.36. The Bertz CT molecular complexity index is 1140. The molecule has 0 bridgehead atoms. The summed E-state index contributed by atoms with van der Waals surface area (Å²) < 4.78 is 49.3. The van der Waals surface area contributed by atoms with Gasteiger partial charge in [-0.05, 0) is 47.0 Å². The summed E-state index contributed by atoms with van der Waals surface area (Å²) in [5.41, 5.74) is 3.23. The van der Waals surface area contributed by atoms with Crippen molar-refractivity contribution in [3.05, 3.63) is 83.9 Å². The van der Waals surface area contributed by atoms with Crippen molar-refractivity contribution in [1.29, 1.82) is 0 Å². The van der Waals surface area contributed by atoms with Crippen molar-refractivity contribution in [2.45, 2.75) is 12.2 Å². The van der Waals surface area contributed by atoms with Gasteiger partial charge in [-0.3, -0.25) is 4.79 Å². The molecule has 1 aliphatic rings. The molecule has 2 aromatic carbocycles. The number of amidine groups is 1. The van der Waals surface area contributed by atoms with Crippen LogP contribution in [-0.2, 0) is 19.9 Å². The summed E-state index contributed by atoms with van der Waals surface area (Å²) in [6.07, 6.45) is 1.35. The molecule has 32 heavy (non-hydrogen) atoms. The van der Waals surface area contributed by atoms with Crippen LogP contribution in [0, 0.1) is 5.95 Å². The fraction of sp³-hybridized carbons (Fsp3) is 0.136. The van der Waals surface area contributed by atoms with Crippen LogP contribution in [0.5, 0.6) is 5.75 Å². The van der Waals surface area contributed by atoms with Crippen LogP contribution in [0.25, 0.3) is 11.1 Å². The van der Waals surface area contributed by atoms with Crippen molar-refractivity contribution < 1.29 is 32.3 Å². The van der Waals surface area contributed by atoms with E-state index in [1.165, 1.54) is 18.3 Å². The van der Waals surface area contributed by atoms with Gasteiger partial charge in [0.25, 0.3) is 0 Å². The van der Waals surface area contributed by atoms with E-state index in [0.29, 0.717) is 22.3 Å². The van der Waals surface area contributed by atoms with Crippen molar-refractivity contribution in [2.75, 3.05) is 6.61 Å². The number of halogens is 3.